The number of carboxylic acids is 2. The van der Waals surface area contributed by atoms with Crippen LogP contribution in [0.1, 0.15) is 76.7 Å². The summed E-state index contributed by atoms with van der Waals surface area (Å²) in [6, 6.07) is 2.55. The topological polar surface area (TPSA) is 238 Å². The maximum absolute atomic E-state index is 13.6. The Bertz CT molecular complexity index is 1540. The lowest BCUT2D eigenvalue weighted by Crippen LogP contribution is -2.55. The number of aliphatic carboxylic acids is 2. The zero-order chi connectivity index (χ0) is 35.6. The van der Waals surface area contributed by atoms with Crippen molar-refractivity contribution in [2.24, 2.45) is 23.0 Å². The molecule has 0 radical (unpaired) electrons. The Kier molecular flexibility index (Phi) is 10.9. The second-order valence-corrected chi connectivity index (χ2v) is 14.9. The smallest absolute Gasteiger partial charge is 0.353 e. The molecule has 266 valence electrons. The standard InChI is InChI=1S/C34H44N4O10S/c1-2-32(9-3-4-10-32)33(49-18-23(27(40)38-28(41)29(42)43)37-24(39)6-12-34(35,47)31(45)46)11-5-21-16-20(15-19-7-13-36-14-8-19)17-22-25(21)26(33)48-30(22)44/h7-8,13-14,17,21-23,28,41,47H,2-6,9-12,15-16,18,35H2,1H3,(H,37,39)(H,38,40)(H,42,43)(H,45,46)/t21-,22+,23+,28+,33-,34-/m1/s1. The summed E-state index contributed by atoms with van der Waals surface area (Å²) in [4.78, 5) is 66.6. The molecule has 2 heterocycles. The molecule has 1 aromatic heterocycles. The number of nitrogens with two attached hydrogens (primary N) is 1. The molecule has 0 spiro atoms. The first kappa shape index (κ1) is 36.5. The second-order valence-electron chi connectivity index (χ2n) is 13.6. The summed E-state index contributed by atoms with van der Waals surface area (Å²) in [5, 5.41) is 42.6. The van der Waals surface area contributed by atoms with E-state index in [0.717, 1.165) is 61.7 Å². The summed E-state index contributed by atoms with van der Waals surface area (Å²) in [5.41, 5.74) is 5.64. The summed E-state index contributed by atoms with van der Waals surface area (Å²) >= 11 is 1.39. The fourth-order valence-electron chi connectivity index (χ4n) is 8.05. The number of aromatic nitrogens is 1. The number of hydrogen-bond donors (Lipinski definition) is 7. The number of nitrogens with zero attached hydrogens (tertiary/aromatic N) is 1. The maximum atomic E-state index is 13.6. The van der Waals surface area contributed by atoms with Crippen molar-refractivity contribution in [3.63, 3.8) is 0 Å². The van der Waals surface area contributed by atoms with Crippen LogP contribution in [0.5, 0.6) is 0 Å². The van der Waals surface area contributed by atoms with Crippen molar-refractivity contribution >= 4 is 41.5 Å². The van der Waals surface area contributed by atoms with Crippen LogP contribution in [0.15, 0.2) is 47.5 Å². The molecule has 0 bridgehead atoms. The van der Waals surface area contributed by atoms with E-state index in [2.05, 4.69) is 17.2 Å². The number of aliphatic hydroxyl groups excluding tert-OH is 1. The highest BCUT2D eigenvalue weighted by Crippen LogP contribution is 2.66. The number of pyridine rings is 1. The van der Waals surface area contributed by atoms with Crippen molar-refractivity contribution in [1.82, 2.24) is 15.6 Å². The van der Waals surface area contributed by atoms with Crippen molar-refractivity contribution in [2.45, 2.75) is 100 Å². The van der Waals surface area contributed by atoms with Gasteiger partial charge in [0, 0.05) is 31.0 Å². The van der Waals surface area contributed by atoms with Crippen LogP contribution in [-0.2, 0) is 35.1 Å². The Morgan fingerprint density at radius 1 is 1.14 bits per heavy atom. The van der Waals surface area contributed by atoms with Gasteiger partial charge >= 0.3 is 17.9 Å². The number of ether oxygens (including phenoxy) is 1. The largest absolute Gasteiger partial charge is 0.478 e. The first-order valence-corrected chi connectivity index (χ1v) is 17.6. The molecule has 2 amide bonds. The van der Waals surface area contributed by atoms with E-state index in [-0.39, 0.29) is 23.1 Å². The fourth-order valence-corrected chi connectivity index (χ4v) is 9.94. The number of allylic oxidation sites excluding steroid dienone is 1. The molecular formula is C34H44N4O10S. The third-order valence-corrected chi connectivity index (χ3v) is 12.5. The quantitative estimate of drug-likeness (QED) is 0.0785. The first-order valence-electron chi connectivity index (χ1n) is 16.7. The minimum atomic E-state index is -2.68. The van der Waals surface area contributed by atoms with Crippen molar-refractivity contribution in [1.29, 1.82) is 0 Å². The summed E-state index contributed by atoms with van der Waals surface area (Å²) in [7, 11) is 0. The third kappa shape index (κ3) is 7.39. The van der Waals surface area contributed by atoms with Gasteiger partial charge in [-0.15, -0.1) is 11.8 Å². The number of amides is 2. The van der Waals surface area contributed by atoms with E-state index in [9.17, 15) is 39.3 Å². The predicted octanol–water partition coefficient (Wildman–Crippen LogP) is 1.75. The number of nitrogens with one attached hydrogen (secondary N) is 2. The molecule has 1 fully saturated rings. The lowest BCUT2D eigenvalue weighted by Gasteiger charge is -2.52. The van der Waals surface area contributed by atoms with E-state index in [4.69, 9.17) is 15.6 Å². The number of esters is 1. The minimum Gasteiger partial charge on any atom is -0.478 e. The van der Waals surface area contributed by atoms with Crippen LogP contribution in [0.2, 0.25) is 0 Å². The Morgan fingerprint density at radius 3 is 2.47 bits per heavy atom. The van der Waals surface area contributed by atoms with Gasteiger partial charge in [0.15, 0.2) is 0 Å². The zero-order valence-electron chi connectivity index (χ0n) is 27.4. The molecule has 8 N–H and O–H groups in total. The molecule has 1 aromatic rings. The molecule has 3 aliphatic carbocycles. The summed E-state index contributed by atoms with van der Waals surface area (Å²) in [6.07, 6.45) is 9.46. The SMILES string of the molecule is CCC1([C@@]2(SC[C@H](NC(=O)CC[C@@](N)(O)C(=O)O)C(=O)N[C@@H](O)C(=O)O)CC[C@@H]3CC(Cc4ccncc4)=C[C@@H]4C(=O)OC2=C34)CCCC1. The lowest BCUT2D eigenvalue weighted by atomic mass is 9.61. The molecule has 4 aliphatic rings. The molecule has 1 saturated carbocycles. The van der Waals surface area contributed by atoms with E-state index in [1.807, 2.05) is 23.5 Å². The summed E-state index contributed by atoms with van der Waals surface area (Å²) in [5.74, 6) is -5.40. The Balaban J connectivity index is 1.46. The van der Waals surface area contributed by atoms with Gasteiger partial charge in [-0.2, -0.15) is 0 Å². The maximum Gasteiger partial charge on any atom is 0.353 e. The third-order valence-electron chi connectivity index (χ3n) is 10.7. The average molecular weight is 701 g/mol. The summed E-state index contributed by atoms with van der Waals surface area (Å²) in [6.45, 7) is 2.11. The number of carboxylic acid groups (broad SMARTS) is 2. The van der Waals surface area contributed by atoms with Crippen molar-refractivity contribution in [2.75, 3.05) is 5.75 Å². The Labute approximate surface area is 287 Å². The zero-order valence-corrected chi connectivity index (χ0v) is 28.2. The van der Waals surface area contributed by atoms with E-state index in [1.54, 1.807) is 12.4 Å². The van der Waals surface area contributed by atoms with Gasteiger partial charge in [-0.3, -0.25) is 25.1 Å². The monoisotopic (exact) mass is 700 g/mol. The van der Waals surface area contributed by atoms with Gasteiger partial charge in [-0.1, -0.05) is 31.4 Å². The molecular weight excluding hydrogens is 656 g/mol. The lowest BCUT2D eigenvalue weighted by molar-refractivity contribution is -0.159. The van der Waals surface area contributed by atoms with Crippen molar-refractivity contribution in [3.8, 4) is 0 Å². The summed E-state index contributed by atoms with van der Waals surface area (Å²) < 4.78 is 5.53. The molecule has 0 saturated heterocycles. The van der Waals surface area contributed by atoms with Crippen LogP contribution in [0.3, 0.4) is 0 Å². The van der Waals surface area contributed by atoms with Gasteiger partial charge in [0.25, 0.3) is 0 Å². The van der Waals surface area contributed by atoms with Gasteiger partial charge in [0.1, 0.15) is 17.7 Å². The minimum absolute atomic E-state index is 0.0791. The molecule has 14 nitrogen and oxygen atoms in total. The van der Waals surface area contributed by atoms with E-state index in [1.165, 1.54) is 11.8 Å². The van der Waals surface area contributed by atoms with Crippen LogP contribution < -0.4 is 16.4 Å². The molecule has 15 heteroatoms. The van der Waals surface area contributed by atoms with Gasteiger partial charge in [-0.05, 0) is 79.5 Å². The van der Waals surface area contributed by atoms with E-state index in [0.29, 0.717) is 18.6 Å². The van der Waals surface area contributed by atoms with Crippen LogP contribution in [0.4, 0.5) is 0 Å². The average Bonchev–Trinajstić information content (AvgIpc) is 3.70. The molecule has 0 aromatic carbocycles. The van der Waals surface area contributed by atoms with Gasteiger partial charge < -0.3 is 35.8 Å². The number of carbonyl (C=O) groups is 5. The molecule has 0 unspecified atom stereocenters. The highest BCUT2D eigenvalue weighted by atomic mass is 32.2. The second kappa shape index (κ2) is 14.6. The van der Waals surface area contributed by atoms with Crippen LogP contribution in [0.25, 0.3) is 0 Å². The molecule has 6 atom stereocenters. The van der Waals surface area contributed by atoms with E-state index >= 15 is 0 Å². The number of aliphatic hydroxyl groups is 2. The fraction of sp³-hybridized carbons (Fsp3) is 0.588. The molecule has 5 rings (SSSR count). The normalized spacial score (nSPS) is 26.4. The van der Waals surface area contributed by atoms with Gasteiger partial charge in [-0.25, -0.2) is 9.59 Å². The number of hydrogen-bond acceptors (Lipinski definition) is 11. The van der Waals surface area contributed by atoms with E-state index < -0.39 is 65.3 Å². The molecule has 49 heavy (non-hydrogen) atoms. The van der Waals surface area contributed by atoms with Gasteiger partial charge in [0.2, 0.25) is 23.8 Å². The highest BCUT2D eigenvalue weighted by Gasteiger charge is 2.61. The Morgan fingerprint density at radius 2 is 1.84 bits per heavy atom. The van der Waals surface area contributed by atoms with Crippen LogP contribution >= 0.6 is 11.8 Å². The van der Waals surface area contributed by atoms with Crippen molar-refractivity contribution in [3.05, 3.63) is 53.1 Å². The Hall–Kier alpha value is -3.79. The van der Waals surface area contributed by atoms with Crippen LogP contribution in [-0.4, -0.2) is 83.6 Å². The van der Waals surface area contributed by atoms with Crippen LogP contribution in [0, 0.1) is 17.3 Å². The first-order chi connectivity index (χ1) is 23.2. The predicted molar refractivity (Wildman–Crippen MR) is 176 cm³/mol. The highest BCUT2D eigenvalue weighted by molar-refractivity contribution is 8.01. The van der Waals surface area contributed by atoms with Crippen molar-refractivity contribution < 1.29 is 49.1 Å². The number of rotatable bonds is 15. The van der Waals surface area contributed by atoms with Gasteiger partial charge in [0.05, 0.1) is 4.75 Å². The number of thioether (sulfide) groups is 1. The molecule has 1 aliphatic heterocycles. The number of carbonyl (C=O) groups excluding carboxylic acids is 3.